The van der Waals surface area contributed by atoms with Crippen LogP contribution in [0, 0.1) is 0 Å². The highest BCUT2D eigenvalue weighted by Crippen LogP contribution is 2.35. The Morgan fingerprint density at radius 3 is 2.71 bits per heavy atom. The van der Waals surface area contributed by atoms with Gasteiger partial charge in [0, 0.05) is 24.4 Å². The summed E-state index contributed by atoms with van der Waals surface area (Å²) < 4.78 is 13.4. The van der Waals surface area contributed by atoms with E-state index in [1.54, 1.807) is 12.0 Å². The van der Waals surface area contributed by atoms with Gasteiger partial charge in [0.05, 0.1) is 30.4 Å². The molecule has 1 aliphatic rings. The minimum atomic E-state index is -0.109. The van der Waals surface area contributed by atoms with Gasteiger partial charge < -0.3 is 9.47 Å². The normalized spacial score (nSPS) is 14.9. The number of unbranched alkanes of at least 4 members (excludes halogenated alkanes) is 1. The fraction of sp³-hybridized carbons (Fsp3) is 0.269. The van der Waals surface area contributed by atoms with Crippen LogP contribution in [-0.2, 0) is 9.53 Å². The van der Waals surface area contributed by atoms with E-state index in [4.69, 9.17) is 26.8 Å². The predicted octanol–water partition coefficient (Wildman–Crippen LogP) is 5.57. The van der Waals surface area contributed by atoms with Crippen LogP contribution in [0.4, 0.5) is 0 Å². The Morgan fingerprint density at radius 1 is 1.12 bits per heavy atom. The second-order valence-corrected chi connectivity index (χ2v) is 9.44. The van der Waals surface area contributed by atoms with Crippen LogP contribution in [-0.4, -0.2) is 51.8 Å². The maximum absolute atomic E-state index is 13.0. The molecule has 3 aromatic rings. The van der Waals surface area contributed by atoms with Gasteiger partial charge in [-0.05, 0) is 36.8 Å². The molecule has 2 heterocycles. The summed E-state index contributed by atoms with van der Waals surface area (Å²) in [7, 11) is 1.61. The monoisotopic (exact) mass is 493 g/mol. The number of hydrogen-bond donors (Lipinski definition) is 0. The summed E-state index contributed by atoms with van der Waals surface area (Å²) in [6.07, 6.45) is 5.90. The molecule has 1 amide bonds. The van der Waals surface area contributed by atoms with Crippen molar-refractivity contribution < 1.29 is 14.3 Å². The van der Waals surface area contributed by atoms with Crippen molar-refractivity contribution in [1.29, 1.82) is 0 Å². The Hall–Kier alpha value is -2.94. The molecule has 0 saturated carbocycles. The zero-order chi connectivity index (χ0) is 23.9. The van der Waals surface area contributed by atoms with E-state index >= 15 is 0 Å². The Morgan fingerprint density at radius 2 is 1.94 bits per heavy atom. The molecule has 176 valence electrons. The number of methoxy groups -OCH3 is 1. The largest absolute Gasteiger partial charge is 0.494 e. The lowest BCUT2D eigenvalue weighted by molar-refractivity contribution is -0.122. The minimum absolute atomic E-state index is 0.109. The van der Waals surface area contributed by atoms with Crippen molar-refractivity contribution in [2.75, 3.05) is 26.9 Å². The maximum atomic E-state index is 13.0. The van der Waals surface area contributed by atoms with Gasteiger partial charge in [0.2, 0.25) is 0 Å². The van der Waals surface area contributed by atoms with E-state index in [2.05, 4.69) is 6.92 Å². The second-order valence-electron chi connectivity index (χ2n) is 7.77. The number of benzene rings is 2. The van der Waals surface area contributed by atoms with Crippen molar-refractivity contribution in [2.45, 2.75) is 19.8 Å². The number of aromatic nitrogens is 2. The lowest BCUT2D eigenvalue weighted by Gasteiger charge is -2.12. The third-order valence-electron chi connectivity index (χ3n) is 5.32. The second kappa shape index (κ2) is 11.5. The summed E-state index contributed by atoms with van der Waals surface area (Å²) in [5.74, 6) is 0.694. The van der Waals surface area contributed by atoms with Gasteiger partial charge in [-0.1, -0.05) is 67.7 Å². The van der Waals surface area contributed by atoms with Gasteiger partial charge in [-0.25, -0.2) is 4.68 Å². The van der Waals surface area contributed by atoms with E-state index in [-0.39, 0.29) is 5.91 Å². The molecule has 4 rings (SSSR count). The van der Waals surface area contributed by atoms with E-state index < -0.39 is 0 Å². The van der Waals surface area contributed by atoms with Gasteiger partial charge in [0.15, 0.2) is 0 Å². The zero-order valence-corrected chi connectivity index (χ0v) is 20.9. The molecular weight excluding hydrogens is 466 g/mol. The fourth-order valence-corrected chi connectivity index (χ4v) is 4.81. The third kappa shape index (κ3) is 5.58. The molecule has 1 fully saturated rings. The first kappa shape index (κ1) is 24.2. The van der Waals surface area contributed by atoms with Gasteiger partial charge in [-0.15, -0.1) is 0 Å². The SMILES string of the molecule is CCCCOc1cccc(-c2nn(-c3ccccc3)cc2/C=C2\SC(=S)N(CCOC)C2=O)c1. The number of nitrogens with zero attached hydrogens (tertiary/aromatic N) is 3. The van der Waals surface area contributed by atoms with Crippen molar-refractivity contribution in [2.24, 2.45) is 0 Å². The Bertz CT molecular complexity index is 1190. The topological polar surface area (TPSA) is 56.6 Å². The highest BCUT2D eigenvalue weighted by atomic mass is 32.2. The average molecular weight is 494 g/mol. The molecule has 1 saturated heterocycles. The Kier molecular flexibility index (Phi) is 8.16. The van der Waals surface area contributed by atoms with Crippen LogP contribution in [0.15, 0.2) is 65.7 Å². The van der Waals surface area contributed by atoms with Crippen LogP contribution < -0.4 is 4.74 Å². The van der Waals surface area contributed by atoms with E-state index in [0.717, 1.165) is 41.1 Å². The molecule has 34 heavy (non-hydrogen) atoms. The number of carbonyl (C=O) groups excluding carboxylic acids is 1. The summed E-state index contributed by atoms with van der Waals surface area (Å²) in [5, 5.41) is 4.87. The van der Waals surface area contributed by atoms with Crippen LogP contribution in [0.2, 0.25) is 0 Å². The number of carbonyl (C=O) groups is 1. The quantitative estimate of drug-likeness (QED) is 0.209. The molecule has 0 unspecified atom stereocenters. The number of thiocarbonyl (C=S) groups is 1. The summed E-state index contributed by atoms with van der Waals surface area (Å²) in [6, 6.07) is 17.8. The average Bonchev–Trinajstić information content (AvgIpc) is 3.39. The standard InChI is InChI=1S/C26H27N3O3S2/c1-3-4-14-32-22-12-8-9-19(16-22)24-20(18-29(27-24)21-10-6-5-7-11-21)17-23-25(30)28(13-15-31-2)26(33)34-23/h5-12,16-18H,3-4,13-15H2,1-2H3/b23-17-. The van der Waals surface area contributed by atoms with Crippen molar-refractivity contribution in [1.82, 2.24) is 14.7 Å². The molecule has 6 nitrogen and oxygen atoms in total. The van der Waals surface area contributed by atoms with E-state index in [9.17, 15) is 4.79 Å². The number of rotatable bonds is 10. The molecule has 1 aromatic heterocycles. The van der Waals surface area contributed by atoms with Crippen molar-refractivity contribution in [3.05, 3.63) is 71.3 Å². The summed E-state index contributed by atoms with van der Waals surface area (Å²) >= 11 is 6.74. The molecule has 0 bridgehead atoms. The first-order chi connectivity index (χ1) is 16.6. The molecule has 2 aromatic carbocycles. The van der Waals surface area contributed by atoms with E-state index in [1.165, 1.54) is 11.8 Å². The van der Waals surface area contributed by atoms with Crippen LogP contribution >= 0.6 is 24.0 Å². The molecule has 0 N–H and O–H groups in total. The first-order valence-electron chi connectivity index (χ1n) is 11.2. The number of amides is 1. The summed E-state index contributed by atoms with van der Waals surface area (Å²) in [4.78, 5) is 15.2. The van der Waals surface area contributed by atoms with E-state index in [1.807, 2.05) is 71.6 Å². The molecule has 0 radical (unpaired) electrons. The fourth-order valence-electron chi connectivity index (χ4n) is 3.51. The van der Waals surface area contributed by atoms with Crippen LogP contribution in [0.5, 0.6) is 5.75 Å². The van der Waals surface area contributed by atoms with Gasteiger partial charge in [-0.3, -0.25) is 9.69 Å². The summed E-state index contributed by atoms with van der Waals surface area (Å²) in [5.41, 5.74) is 3.46. The highest BCUT2D eigenvalue weighted by Gasteiger charge is 2.32. The smallest absolute Gasteiger partial charge is 0.266 e. The number of thioether (sulfide) groups is 1. The minimum Gasteiger partial charge on any atom is -0.494 e. The van der Waals surface area contributed by atoms with Crippen LogP contribution in [0.3, 0.4) is 0 Å². The predicted molar refractivity (Wildman–Crippen MR) is 141 cm³/mol. The van der Waals surface area contributed by atoms with Gasteiger partial charge >= 0.3 is 0 Å². The third-order valence-corrected chi connectivity index (χ3v) is 6.69. The molecule has 1 aliphatic heterocycles. The number of hydrogen-bond acceptors (Lipinski definition) is 6. The Labute approximate surface area is 209 Å². The van der Waals surface area contributed by atoms with Crippen molar-refractivity contribution >= 4 is 40.3 Å². The molecular formula is C26H27N3O3S2. The molecule has 8 heteroatoms. The summed E-state index contributed by atoms with van der Waals surface area (Å²) in [6.45, 7) is 3.68. The molecule has 0 atom stereocenters. The zero-order valence-electron chi connectivity index (χ0n) is 19.3. The van der Waals surface area contributed by atoms with Crippen molar-refractivity contribution in [3.8, 4) is 22.7 Å². The van der Waals surface area contributed by atoms with Crippen LogP contribution in [0.1, 0.15) is 25.3 Å². The van der Waals surface area contributed by atoms with Gasteiger partial charge in [-0.2, -0.15) is 5.10 Å². The van der Waals surface area contributed by atoms with E-state index in [0.29, 0.717) is 29.0 Å². The molecule has 0 aliphatic carbocycles. The molecule has 0 spiro atoms. The maximum Gasteiger partial charge on any atom is 0.266 e. The highest BCUT2D eigenvalue weighted by molar-refractivity contribution is 8.26. The number of para-hydroxylation sites is 1. The lowest BCUT2D eigenvalue weighted by Crippen LogP contribution is -2.31. The van der Waals surface area contributed by atoms with Crippen LogP contribution in [0.25, 0.3) is 23.0 Å². The Balaban J connectivity index is 1.72. The van der Waals surface area contributed by atoms with Gasteiger partial charge in [0.25, 0.3) is 5.91 Å². The first-order valence-corrected chi connectivity index (χ1v) is 12.5. The number of ether oxygens (including phenoxy) is 2. The van der Waals surface area contributed by atoms with Crippen molar-refractivity contribution in [3.63, 3.8) is 0 Å². The van der Waals surface area contributed by atoms with Gasteiger partial charge in [0.1, 0.15) is 15.8 Å². The lowest BCUT2D eigenvalue weighted by atomic mass is 10.1.